The van der Waals surface area contributed by atoms with E-state index in [0.717, 1.165) is 0 Å². The van der Waals surface area contributed by atoms with Gasteiger partial charge in [-0.1, -0.05) is 47.6 Å². The van der Waals surface area contributed by atoms with Crippen LogP contribution in [0, 0.1) is 11.8 Å². The first-order valence-electron chi connectivity index (χ1n) is 16.7. The molecule has 1 aromatic rings. The Bertz CT molecular complexity index is 1340. The molecular formula is C33H55N9O8. The van der Waals surface area contributed by atoms with Crippen LogP contribution >= 0.6 is 0 Å². The van der Waals surface area contributed by atoms with Crippen LogP contribution in [0.1, 0.15) is 83.1 Å². The molecule has 0 aliphatic carbocycles. The van der Waals surface area contributed by atoms with Crippen molar-refractivity contribution in [2.75, 3.05) is 25.0 Å². The van der Waals surface area contributed by atoms with Crippen molar-refractivity contribution in [3.8, 4) is 0 Å². The zero-order valence-electron chi connectivity index (χ0n) is 29.9. The Labute approximate surface area is 293 Å². The van der Waals surface area contributed by atoms with Crippen molar-refractivity contribution >= 4 is 47.2 Å². The van der Waals surface area contributed by atoms with Gasteiger partial charge in [0.1, 0.15) is 18.7 Å². The van der Waals surface area contributed by atoms with Gasteiger partial charge in [-0.05, 0) is 37.3 Å². The first kappa shape index (κ1) is 43.3. The summed E-state index contributed by atoms with van der Waals surface area (Å²) in [6.45, 7) is 10.8. The summed E-state index contributed by atoms with van der Waals surface area (Å²) in [7, 11) is 0. The molecule has 0 aliphatic heterocycles. The van der Waals surface area contributed by atoms with Crippen LogP contribution in [0.15, 0.2) is 18.2 Å². The van der Waals surface area contributed by atoms with Crippen molar-refractivity contribution in [3.05, 3.63) is 29.3 Å². The fourth-order valence-electron chi connectivity index (χ4n) is 4.63. The standard InChI is InChI=1S/C33H55N9O8/c1-18(2)27(42-30(46)25(39-20(5)6)11-12-26(35)43)31(47)41-24(8-7-14-38-33(36)49)29(45)40-22-10-9-21(17-50-32(48)19(3)4)23(16-22)28(44)37-15-13-34/h9-10,16,18-20,24-25,27,39H,7-8,11-15,17,34H2,1-6H3,(H2,35,43)(H,37,44)(H,40,45)(H,41,47)(H,42,46)(H3,36,38,49)/t24-,25-,27-/m0/s1. The topological polar surface area (TPSA) is 279 Å². The zero-order chi connectivity index (χ0) is 38.0. The summed E-state index contributed by atoms with van der Waals surface area (Å²) in [5.41, 5.74) is 16.7. The van der Waals surface area contributed by atoms with Gasteiger partial charge in [-0.25, -0.2) is 4.79 Å². The molecule has 0 bridgehead atoms. The molecule has 0 spiro atoms. The van der Waals surface area contributed by atoms with E-state index in [1.165, 1.54) is 18.2 Å². The van der Waals surface area contributed by atoms with E-state index in [4.69, 9.17) is 21.9 Å². The quantitative estimate of drug-likeness (QED) is 0.0562. The Morgan fingerprint density at radius 1 is 0.800 bits per heavy atom. The van der Waals surface area contributed by atoms with Crippen molar-refractivity contribution in [3.63, 3.8) is 0 Å². The number of benzene rings is 1. The Morgan fingerprint density at radius 3 is 2.04 bits per heavy atom. The number of amides is 7. The maximum atomic E-state index is 13.6. The number of hydrogen-bond donors (Lipinski definition) is 9. The SMILES string of the molecule is CC(C)N[C@@H](CCC(N)=O)C(=O)N[C@H](C(=O)N[C@@H](CCCNC(N)=O)C(=O)Nc1ccc(COC(=O)C(C)C)c(C(=O)NCCN)c1)C(C)C. The van der Waals surface area contributed by atoms with E-state index in [1.54, 1.807) is 27.7 Å². The van der Waals surface area contributed by atoms with Gasteiger partial charge >= 0.3 is 12.0 Å². The van der Waals surface area contributed by atoms with Crippen molar-refractivity contribution in [2.45, 2.75) is 98.0 Å². The monoisotopic (exact) mass is 705 g/mol. The lowest BCUT2D eigenvalue weighted by molar-refractivity contribution is -0.148. The van der Waals surface area contributed by atoms with E-state index in [0.29, 0.717) is 5.56 Å². The zero-order valence-corrected chi connectivity index (χ0v) is 29.9. The number of hydrogen-bond acceptors (Lipinski definition) is 10. The van der Waals surface area contributed by atoms with E-state index in [2.05, 4.69) is 31.9 Å². The summed E-state index contributed by atoms with van der Waals surface area (Å²) in [6, 6.07) is 0.614. The van der Waals surface area contributed by atoms with Gasteiger partial charge in [0, 0.05) is 48.9 Å². The molecule has 0 heterocycles. The second kappa shape index (κ2) is 22.0. The Morgan fingerprint density at radius 2 is 1.48 bits per heavy atom. The fourth-order valence-corrected chi connectivity index (χ4v) is 4.63. The van der Waals surface area contributed by atoms with Crippen molar-refractivity contribution < 1.29 is 38.3 Å². The number of rotatable bonds is 22. The van der Waals surface area contributed by atoms with Gasteiger partial charge in [0.15, 0.2) is 0 Å². The summed E-state index contributed by atoms with van der Waals surface area (Å²) in [4.78, 5) is 88.1. The first-order chi connectivity index (χ1) is 23.5. The summed E-state index contributed by atoms with van der Waals surface area (Å²) in [5.74, 6) is -4.09. The van der Waals surface area contributed by atoms with Crippen molar-refractivity contribution in [1.82, 2.24) is 26.6 Å². The van der Waals surface area contributed by atoms with E-state index >= 15 is 0 Å². The lowest BCUT2D eigenvalue weighted by Gasteiger charge is -2.28. The Hall–Kier alpha value is -4.77. The first-order valence-corrected chi connectivity index (χ1v) is 16.7. The van der Waals surface area contributed by atoms with Crippen LogP contribution in [0.25, 0.3) is 0 Å². The largest absolute Gasteiger partial charge is 0.461 e. The normalized spacial score (nSPS) is 12.8. The van der Waals surface area contributed by atoms with Crippen LogP contribution in [-0.4, -0.2) is 85.3 Å². The molecule has 0 saturated heterocycles. The number of esters is 1. The molecule has 0 saturated carbocycles. The molecule has 0 unspecified atom stereocenters. The summed E-state index contributed by atoms with van der Waals surface area (Å²) >= 11 is 0. The minimum absolute atomic E-state index is 0.0433. The molecule has 17 heteroatoms. The van der Waals surface area contributed by atoms with E-state index in [-0.39, 0.29) is 75.1 Å². The second-order valence-corrected chi connectivity index (χ2v) is 12.8. The fraction of sp³-hybridized carbons (Fsp3) is 0.606. The summed E-state index contributed by atoms with van der Waals surface area (Å²) < 4.78 is 5.31. The molecule has 0 radical (unpaired) electrons. The highest BCUT2D eigenvalue weighted by Gasteiger charge is 2.31. The number of nitrogens with two attached hydrogens (primary N) is 3. The summed E-state index contributed by atoms with van der Waals surface area (Å²) in [6.07, 6.45) is 0.396. The maximum absolute atomic E-state index is 13.6. The molecule has 0 fully saturated rings. The number of carbonyl (C=O) groups is 7. The Balaban J connectivity index is 3.30. The Kier molecular flexibility index (Phi) is 19.1. The minimum atomic E-state index is -1.14. The van der Waals surface area contributed by atoms with Gasteiger partial charge in [-0.3, -0.25) is 28.8 Å². The predicted molar refractivity (Wildman–Crippen MR) is 187 cm³/mol. The van der Waals surface area contributed by atoms with E-state index in [1.807, 2.05) is 13.8 Å². The molecule has 17 nitrogen and oxygen atoms in total. The highest BCUT2D eigenvalue weighted by atomic mass is 16.5. The smallest absolute Gasteiger partial charge is 0.312 e. The minimum Gasteiger partial charge on any atom is -0.461 e. The average Bonchev–Trinajstić information content (AvgIpc) is 3.03. The molecule has 0 aliphatic rings. The molecule has 7 amide bonds. The van der Waals surface area contributed by atoms with Crippen LogP contribution in [0.4, 0.5) is 10.5 Å². The average molecular weight is 706 g/mol. The predicted octanol–water partition coefficient (Wildman–Crippen LogP) is -0.281. The summed E-state index contributed by atoms with van der Waals surface area (Å²) in [5, 5.41) is 16.3. The lowest BCUT2D eigenvalue weighted by atomic mass is 10.0. The molecular weight excluding hydrogens is 650 g/mol. The molecule has 280 valence electrons. The number of carbonyl (C=O) groups excluding carboxylic acids is 7. The van der Waals surface area contributed by atoms with Crippen LogP contribution in [-0.2, 0) is 35.3 Å². The van der Waals surface area contributed by atoms with Crippen molar-refractivity contribution in [2.24, 2.45) is 29.0 Å². The van der Waals surface area contributed by atoms with Gasteiger partial charge in [0.2, 0.25) is 23.6 Å². The van der Waals surface area contributed by atoms with Crippen molar-refractivity contribution in [1.29, 1.82) is 0 Å². The molecule has 12 N–H and O–H groups in total. The number of urea groups is 1. The molecule has 1 rings (SSSR count). The third-order valence-corrected chi connectivity index (χ3v) is 7.27. The maximum Gasteiger partial charge on any atom is 0.312 e. The van der Waals surface area contributed by atoms with Gasteiger partial charge < -0.3 is 53.8 Å². The molecule has 3 atom stereocenters. The van der Waals surface area contributed by atoms with Crippen LogP contribution in [0.5, 0.6) is 0 Å². The number of nitrogens with one attached hydrogen (secondary N) is 6. The van der Waals surface area contributed by atoms with E-state index in [9.17, 15) is 33.6 Å². The van der Waals surface area contributed by atoms with Gasteiger partial charge in [0.05, 0.1) is 12.0 Å². The van der Waals surface area contributed by atoms with E-state index < -0.39 is 65.6 Å². The molecule has 1 aromatic carbocycles. The highest BCUT2D eigenvalue weighted by molar-refractivity contribution is 6.01. The molecule has 50 heavy (non-hydrogen) atoms. The third kappa shape index (κ3) is 16.1. The number of anilines is 1. The lowest BCUT2D eigenvalue weighted by Crippen LogP contribution is -2.58. The molecule has 0 aromatic heterocycles. The number of ether oxygens (including phenoxy) is 1. The van der Waals surface area contributed by atoms with Gasteiger partial charge in [-0.2, -0.15) is 0 Å². The van der Waals surface area contributed by atoms with Crippen LogP contribution in [0.2, 0.25) is 0 Å². The van der Waals surface area contributed by atoms with Gasteiger partial charge in [0.25, 0.3) is 5.91 Å². The highest BCUT2D eigenvalue weighted by Crippen LogP contribution is 2.19. The third-order valence-electron chi connectivity index (χ3n) is 7.27. The number of primary amides is 2. The van der Waals surface area contributed by atoms with Crippen LogP contribution in [0.3, 0.4) is 0 Å². The van der Waals surface area contributed by atoms with Gasteiger partial charge in [-0.15, -0.1) is 0 Å². The van der Waals surface area contributed by atoms with Crippen LogP contribution < -0.4 is 49.1 Å². The second-order valence-electron chi connectivity index (χ2n) is 12.8.